The van der Waals surface area contributed by atoms with Gasteiger partial charge < -0.3 is 29.0 Å². The van der Waals surface area contributed by atoms with E-state index in [1.807, 2.05) is 30.3 Å². The second kappa shape index (κ2) is 10.6. The van der Waals surface area contributed by atoms with Crippen molar-refractivity contribution >= 4 is 28.2 Å². The smallest absolute Gasteiger partial charge is 0.231 e. The van der Waals surface area contributed by atoms with Crippen LogP contribution >= 0.6 is 11.6 Å². The molecule has 1 saturated heterocycles. The van der Waals surface area contributed by atoms with Crippen LogP contribution in [0.15, 0.2) is 60.8 Å². The van der Waals surface area contributed by atoms with E-state index in [9.17, 15) is 0 Å². The van der Waals surface area contributed by atoms with Crippen molar-refractivity contribution in [2.45, 2.75) is 26.2 Å². The van der Waals surface area contributed by atoms with Gasteiger partial charge in [0.2, 0.25) is 6.79 Å². The van der Waals surface area contributed by atoms with Crippen LogP contribution in [-0.4, -0.2) is 49.4 Å². The maximum Gasteiger partial charge on any atom is 0.231 e. The topological polar surface area (TPSA) is 50.0 Å². The predicted molar refractivity (Wildman–Crippen MR) is 149 cm³/mol. The first-order valence-corrected chi connectivity index (χ1v) is 13.4. The molecule has 37 heavy (non-hydrogen) atoms. The Morgan fingerprint density at radius 1 is 0.973 bits per heavy atom. The van der Waals surface area contributed by atoms with Crippen LogP contribution in [-0.2, 0) is 6.42 Å². The minimum Gasteiger partial charge on any atom is -0.457 e. The van der Waals surface area contributed by atoms with Gasteiger partial charge in [-0.1, -0.05) is 17.7 Å². The van der Waals surface area contributed by atoms with Crippen molar-refractivity contribution in [1.29, 1.82) is 0 Å². The van der Waals surface area contributed by atoms with Gasteiger partial charge in [0.15, 0.2) is 11.5 Å². The van der Waals surface area contributed by atoms with E-state index in [0.29, 0.717) is 0 Å². The molecule has 1 aromatic heterocycles. The SMILES string of the molecule is Cc1c(Oc2ccc3c(c2)OCO3)cccc1N1CCCN(CCCc2c[nH]c3ccc(Cl)cc23)CC1. The van der Waals surface area contributed by atoms with E-state index in [1.165, 1.54) is 16.6 Å². The van der Waals surface area contributed by atoms with Crippen LogP contribution in [0.5, 0.6) is 23.0 Å². The number of fused-ring (bicyclic) bond motifs is 2. The minimum atomic E-state index is 0.261. The molecular weight excluding hydrogens is 486 g/mol. The second-order valence-corrected chi connectivity index (χ2v) is 10.2. The molecule has 3 aromatic carbocycles. The number of anilines is 1. The zero-order valence-corrected chi connectivity index (χ0v) is 21.9. The number of ether oxygens (including phenoxy) is 3. The second-order valence-electron chi connectivity index (χ2n) is 9.81. The Morgan fingerprint density at radius 2 is 1.89 bits per heavy atom. The van der Waals surface area contributed by atoms with Gasteiger partial charge in [-0.05, 0) is 87.3 Å². The van der Waals surface area contributed by atoms with Crippen molar-refractivity contribution in [3.8, 4) is 23.0 Å². The molecule has 4 aromatic rings. The fourth-order valence-corrected chi connectivity index (χ4v) is 5.58. The minimum absolute atomic E-state index is 0.261. The third-order valence-electron chi connectivity index (χ3n) is 7.41. The summed E-state index contributed by atoms with van der Waals surface area (Å²) in [6, 6.07) is 18.1. The molecule has 0 amide bonds. The summed E-state index contributed by atoms with van der Waals surface area (Å²) in [5.41, 5.74) is 4.91. The summed E-state index contributed by atoms with van der Waals surface area (Å²) in [7, 11) is 0. The number of nitrogens with one attached hydrogen (secondary N) is 1. The van der Waals surface area contributed by atoms with E-state index in [2.05, 4.69) is 52.2 Å². The molecule has 7 heteroatoms. The molecule has 3 heterocycles. The zero-order valence-electron chi connectivity index (χ0n) is 21.1. The number of aromatic nitrogens is 1. The summed E-state index contributed by atoms with van der Waals surface area (Å²) in [5, 5.41) is 2.04. The Kier molecular flexibility index (Phi) is 6.85. The number of rotatable bonds is 7. The number of hydrogen-bond acceptors (Lipinski definition) is 5. The number of hydrogen-bond donors (Lipinski definition) is 1. The fraction of sp³-hybridized carbons (Fsp3) is 0.333. The van der Waals surface area contributed by atoms with E-state index >= 15 is 0 Å². The van der Waals surface area contributed by atoms with Crippen LogP contribution in [0.4, 0.5) is 5.69 Å². The third-order valence-corrected chi connectivity index (χ3v) is 7.64. The van der Waals surface area contributed by atoms with Crippen molar-refractivity contribution in [2.75, 3.05) is 44.4 Å². The average molecular weight is 518 g/mol. The lowest BCUT2D eigenvalue weighted by Crippen LogP contribution is -2.31. The monoisotopic (exact) mass is 517 g/mol. The highest BCUT2D eigenvalue weighted by Gasteiger charge is 2.19. The number of aromatic amines is 1. The van der Waals surface area contributed by atoms with Crippen LogP contribution in [0.25, 0.3) is 10.9 Å². The Morgan fingerprint density at radius 3 is 2.84 bits per heavy atom. The lowest BCUT2D eigenvalue weighted by Gasteiger charge is -2.26. The van der Waals surface area contributed by atoms with E-state index in [4.69, 9.17) is 25.8 Å². The Bertz CT molecular complexity index is 1400. The molecule has 0 spiro atoms. The normalized spacial score (nSPS) is 15.8. The molecule has 1 fully saturated rings. The Hall–Kier alpha value is -3.35. The first-order chi connectivity index (χ1) is 18.1. The van der Waals surface area contributed by atoms with Gasteiger partial charge in [0.1, 0.15) is 11.5 Å². The molecule has 0 saturated carbocycles. The molecule has 2 aliphatic heterocycles. The van der Waals surface area contributed by atoms with Gasteiger partial charge >= 0.3 is 0 Å². The number of halogens is 1. The molecule has 1 N–H and O–H groups in total. The molecule has 6 nitrogen and oxygen atoms in total. The number of H-pyrrole nitrogens is 1. The maximum absolute atomic E-state index is 6.26. The third kappa shape index (κ3) is 5.22. The molecule has 0 unspecified atom stereocenters. The largest absolute Gasteiger partial charge is 0.457 e. The Balaban J connectivity index is 1.06. The summed E-state index contributed by atoms with van der Waals surface area (Å²) in [4.78, 5) is 8.48. The number of aryl methyl sites for hydroxylation is 1. The quantitative estimate of drug-likeness (QED) is 0.292. The molecule has 0 atom stereocenters. The van der Waals surface area contributed by atoms with E-state index in [-0.39, 0.29) is 6.79 Å². The van der Waals surface area contributed by atoms with Crippen molar-refractivity contribution < 1.29 is 14.2 Å². The standard InChI is InChI=1S/C30H32ClN3O3/c1-21-27(6-2-7-28(21)37-24-9-11-29-30(18-24)36-20-35-29)34-14-4-13-33(15-16-34)12-3-5-22-19-32-26-10-8-23(31)17-25(22)26/h2,6-11,17-19,32H,3-5,12-16,20H2,1H3. The number of benzene rings is 3. The van der Waals surface area contributed by atoms with E-state index < -0.39 is 0 Å². The highest BCUT2D eigenvalue weighted by molar-refractivity contribution is 6.31. The van der Waals surface area contributed by atoms with Crippen molar-refractivity contribution in [3.05, 3.63) is 76.9 Å². The van der Waals surface area contributed by atoms with Crippen LogP contribution < -0.4 is 19.1 Å². The molecule has 0 radical (unpaired) electrons. The lowest BCUT2D eigenvalue weighted by molar-refractivity contribution is 0.174. The van der Waals surface area contributed by atoms with Gasteiger partial charge in [-0.15, -0.1) is 0 Å². The van der Waals surface area contributed by atoms with Gasteiger partial charge in [-0.25, -0.2) is 0 Å². The summed E-state index contributed by atoms with van der Waals surface area (Å²) in [5.74, 6) is 3.12. The van der Waals surface area contributed by atoms with Crippen LogP contribution in [0, 0.1) is 6.92 Å². The molecule has 0 bridgehead atoms. The van der Waals surface area contributed by atoms with Crippen LogP contribution in [0.1, 0.15) is 24.0 Å². The van der Waals surface area contributed by atoms with Crippen molar-refractivity contribution in [3.63, 3.8) is 0 Å². The van der Waals surface area contributed by atoms with Crippen molar-refractivity contribution in [1.82, 2.24) is 9.88 Å². The van der Waals surface area contributed by atoms with Gasteiger partial charge in [0.05, 0.1) is 0 Å². The van der Waals surface area contributed by atoms with E-state index in [1.54, 1.807) is 0 Å². The maximum atomic E-state index is 6.26. The molecule has 192 valence electrons. The average Bonchev–Trinajstić information content (AvgIpc) is 3.46. The Labute approximate surface area is 222 Å². The molecule has 6 rings (SSSR count). The summed E-state index contributed by atoms with van der Waals surface area (Å²) < 4.78 is 17.2. The molecule has 0 aliphatic carbocycles. The van der Waals surface area contributed by atoms with Crippen molar-refractivity contribution in [2.24, 2.45) is 0 Å². The first kappa shape index (κ1) is 24.0. The van der Waals surface area contributed by atoms with Crippen LogP contribution in [0.3, 0.4) is 0 Å². The highest BCUT2D eigenvalue weighted by atomic mass is 35.5. The molecular formula is C30H32ClN3O3. The van der Waals surface area contributed by atoms with Gasteiger partial charge in [-0.2, -0.15) is 0 Å². The summed E-state index contributed by atoms with van der Waals surface area (Å²) >= 11 is 6.22. The molecule has 2 aliphatic rings. The fourth-order valence-electron chi connectivity index (χ4n) is 5.41. The highest BCUT2D eigenvalue weighted by Crippen LogP contribution is 2.38. The zero-order chi connectivity index (χ0) is 25.2. The lowest BCUT2D eigenvalue weighted by atomic mass is 10.1. The summed E-state index contributed by atoms with van der Waals surface area (Å²) in [6.07, 6.45) is 5.47. The van der Waals surface area contributed by atoms with Gasteiger partial charge in [0, 0.05) is 59.1 Å². The van der Waals surface area contributed by atoms with E-state index in [0.717, 1.165) is 91.1 Å². The van der Waals surface area contributed by atoms with Gasteiger partial charge in [-0.3, -0.25) is 0 Å². The van der Waals surface area contributed by atoms with Gasteiger partial charge in [0.25, 0.3) is 0 Å². The first-order valence-electron chi connectivity index (χ1n) is 13.0. The van der Waals surface area contributed by atoms with Crippen LogP contribution in [0.2, 0.25) is 5.02 Å². The number of nitrogens with zero attached hydrogens (tertiary/aromatic N) is 2. The summed E-state index contributed by atoms with van der Waals surface area (Å²) in [6.45, 7) is 7.76. The predicted octanol–water partition coefficient (Wildman–Crippen LogP) is 6.80.